The van der Waals surface area contributed by atoms with Crippen molar-refractivity contribution in [2.24, 2.45) is 0 Å². The minimum atomic E-state index is -0.413. The maximum Gasteiger partial charge on any atom is 0.410 e. The van der Waals surface area contributed by atoms with Gasteiger partial charge in [-0.05, 0) is 43.5 Å². The molecular formula is C18H26ClN3O3. The molecule has 25 heavy (non-hydrogen) atoms. The van der Waals surface area contributed by atoms with E-state index in [2.05, 4.69) is 16.3 Å². The maximum absolute atomic E-state index is 11.9. The van der Waals surface area contributed by atoms with Crippen LogP contribution in [0.3, 0.4) is 0 Å². The zero-order valence-corrected chi connectivity index (χ0v) is 15.4. The number of carbonyl (C=O) groups is 2. The van der Waals surface area contributed by atoms with Crippen LogP contribution in [-0.2, 0) is 16.0 Å². The molecule has 0 bridgehead atoms. The Labute approximate surface area is 154 Å². The molecule has 2 rings (SSSR count). The Hall–Kier alpha value is -1.79. The minimum absolute atomic E-state index is 0.223. The Morgan fingerprint density at radius 1 is 1.20 bits per heavy atom. The fourth-order valence-corrected chi connectivity index (χ4v) is 3.01. The van der Waals surface area contributed by atoms with E-state index in [9.17, 15) is 9.59 Å². The number of rotatable bonds is 7. The lowest BCUT2D eigenvalue weighted by Gasteiger charge is -2.34. The lowest BCUT2D eigenvalue weighted by molar-refractivity contribution is -0.123. The molecule has 138 valence electrons. The predicted octanol–water partition coefficient (Wildman–Crippen LogP) is 2.16. The zero-order valence-electron chi connectivity index (χ0n) is 14.7. The highest BCUT2D eigenvalue weighted by Crippen LogP contribution is 2.13. The second-order valence-corrected chi connectivity index (χ2v) is 6.58. The Bertz CT molecular complexity index is 574. The topological polar surface area (TPSA) is 61.9 Å². The number of piperazine rings is 1. The molecule has 1 saturated heterocycles. The zero-order chi connectivity index (χ0) is 18.1. The van der Waals surface area contributed by atoms with Crippen molar-refractivity contribution in [3.8, 4) is 0 Å². The molecule has 1 N–H and O–H groups in total. The second kappa shape index (κ2) is 10.3. The summed E-state index contributed by atoms with van der Waals surface area (Å²) in [6.07, 6.45) is 2.86. The number of nitrogens with zero attached hydrogens (tertiary/aromatic N) is 2. The van der Waals surface area contributed by atoms with Crippen molar-refractivity contribution in [2.75, 3.05) is 46.4 Å². The SMILES string of the molecule is CNC(=O)COC(=O)N1CCN(CCCCc2cccc(Cl)c2)CC1. The van der Waals surface area contributed by atoms with E-state index < -0.39 is 6.09 Å². The molecule has 0 aliphatic carbocycles. The van der Waals surface area contributed by atoms with Crippen LogP contribution < -0.4 is 5.32 Å². The number of carbonyl (C=O) groups excluding carboxylic acids is 2. The average Bonchev–Trinajstić information content (AvgIpc) is 2.63. The van der Waals surface area contributed by atoms with Crippen molar-refractivity contribution in [2.45, 2.75) is 19.3 Å². The molecule has 0 atom stereocenters. The van der Waals surface area contributed by atoms with E-state index in [0.29, 0.717) is 13.1 Å². The third-order valence-corrected chi connectivity index (χ3v) is 4.55. The van der Waals surface area contributed by atoms with E-state index in [1.807, 2.05) is 18.2 Å². The first-order chi connectivity index (χ1) is 12.1. The maximum atomic E-state index is 11.9. The lowest BCUT2D eigenvalue weighted by Crippen LogP contribution is -2.49. The van der Waals surface area contributed by atoms with Gasteiger partial charge in [0.05, 0.1) is 0 Å². The summed E-state index contributed by atoms with van der Waals surface area (Å²) in [6.45, 7) is 3.76. The summed E-state index contributed by atoms with van der Waals surface area (Å²) in [6, 6.07) is 8.00. The van der Waals surface area contributed by atoms with Gasteiger partial charge in [-0.3, -0.25) is 9.69 Å². The van der Waals surface area contributed by atoms with E-state index in [4.69, 9.17) is 16.3 Å². The Morgan fingerprint density at radius 3 is 2.64 bits per heavy atom. The third-order valence-electron chi connectivity index (χ3n) is 4.31. The molecule has 0 aromatic heterocycles. The summed E-state index contributed by atoms with van der Waals surface area (Å²) >= 11 is 5.99. The largest absolute Gasteiger partial charge is 0.439 e. The molecule has 1 aliphatic rings. The van der Waals surface area contributed by atoms with Crippen molar-refractivity contribution in [3.63, 3.8) is 0 Å². The standard InChI is InChI=1S/C18H26ClN3O3/c1-20-17(23)14-25-18(24)22-11-9-21(10-12-22)8-3-2-5-15-6-4-7-16(19)13-15/h4,6-7,13H,2-3,5,8-12,14H2,1H3,(H,20,23). The number of amides is 2. The summed E-state index contributed by atoms with van der Waals surface area (Å²) in [7, 11) is 1.52. The lowest BCUT2D eigenvalue weighted by atomic mass is 10.1. The van der Waals surface area contributed by atoms with Crippen LogP contribution in [0.25, 0.3) is 0 Å². The molecule has 1 fully saturated rings. The number of hydrogen-bond acceptors (Lipinski definition) is 4. The number of ether oxygens (including phenoxy) is 1. The number of nitrogens with one attached hydrogen (secondary N) is 1. The van der Waals surface area contributed by atoms with Gasteiger partial charge in [-0.1, -0.05) is 23.7 Å². The molecule has 0 saturated carbocycles. The van der Waals surface area contributed by atoms with Crippen LogP contribution in [0.1, 0.15) is 18.4 Å². The molecule has 1 aliphatic heterocycles. The average molecular weight is 368 g/mol. The van der Waals surface area contributed by atoms with E-state index in [1.54, 1.807) is 4.90 Å². The highest BCUT2D eigenvalue weighted by Gasteiger charge is 2.22. The van der Waals surface area contributed by atoms with Gasteiger partial charge < -0.3 is 15.0 Å². The van der Waals surface area contributed by atoms with Gasteiger partial charge in [-0.2, -0.15) is 0 Å². The van der Waals surface area contributed by atoms with Gasteiger partial charge in [-0.25, -0.2) is 4.79 Å². The monoisotopic (exact) mass is 367 g/mol. The number of likely N-dealkylation sites (N-methyl/N-ethyl adjacent to an activating group) is 1. The number of halogens is 1. The van der Waals surface area contributed by atoms with Crippen molar-refractivity contribution in [1.82, 2.24) is 15.1 Å². The molecule has 1 aromatic rings. The van der Waals surface area contributed by atoms with Crippen LogP contribution in [0.4, 0.5) is 4.79 Å². The molecular weight excluding hydrogens is 342 g/mol. The van der Waals surface area contributed by atoms with Crippen molar-refractivity contribution >= 4 is 23.6 Å². The molecule has 0 radical (unpaired) electrons. The van der Waals surface area contributed by atoms with E-state index >= 15 is 0 Å². The first-order valence-electron chi connectivity index (χ1n) is 8.67. The molecule has 6 nitrogen and oxygen atoms in total. The smallest absolute Gasteiger partial charge is 0.410 e. The van der Waals surface area contributed by atoms with Crippen molar-refractivity contribution < 1.29 is 14.3 Å². The summed E-state index contributed by atoms with van der Waals surface area (Å²) in [5.41, 5.74) is 1.27. The van der Waals surface area contributed by atoms with Gasteiger partial charge in [0, 0.05) is 38.2 Å². The number of hydrogen-bond donors (Lipinski definition) is 1. The van der Waals surface area contributed by atoms with Gasteiger partial charge in [-0.15, -0.1) is 0 Å². The second-order valence-electron chi connectivity index (χ2n) is 6.14. The number of benzene rings is 1. The van der Waals surface area contributed by atoms with Crippen LogP contribution in [0.2, 0.25) is 5.02 Å². The van der Waals surface area contributed by atoms with Gasteiger partial charge in [0.2, 0.25) is 0 Å². The summed E-state index contributed by atoms with van der Waals surface area (Å²) in [5.74, 6) is -0.299. The van der Waals surface area contributed by atoms with Gasteiger partial charge in [0.1, 0.15) is 0 Å². The highest BCUT2D eigenvalue weighted by atomic mass is 35.5. The van der Waals surface area contributed by atoms with Gasteiger partial charge in [0.15, 0.2) is 6.61 Å². The van der Waals surface area contributed by atoms with Crippen molar-refractivity contribution in [3.05, 3.63) is 34.9 Å². The highest BCUT2D eigenvalue weighted by molar-refractivity contribution is 6.30. The Morgan fingerprint density at radius 2 is 1.96 bits per heavy atom. The Balaban J connectivity index is 1.59. The van der Waals surface area contributed by atoms with Gasteiger partial charge in [0.25, 0.3) is 5.91 Å². The first kappa shape index (κ1) is 19.5. The van der Waals surface area contributed by atoms with Gasteiger partial charge >= 0.3 is 6.09 Å². The fourth-order valence-electron chi connectivity index (χ4n) is 2.80. The van der Waals surface area contributed by atoms with Crippen LogP contribution in [0.5, 0.6) is 0 Å². The summed E-state index contributed by atoms with van der Waals surface area (Å²) in [5, 5.41) is 3.21. The van der Waals surface area contributed by atoms with Crippen LogP contribution >= 0.6 is 11.6 Å². The van der Waals surface area contributed by atoms with E-state index in [0.717, 1.165) is 43.9 Å². The molecule has 7 heteroatoms. The third kappa shape index (κ3) is 6.92. The van der Waals surface area contributed by atoms with Crippen molar-refractivity contribution in [1.29, 1.82) is 0 Å². The predicted molar refractivity (Wildman–Crippen MR) is 97.8 cm³/mol. The summed E-state index contributed by atoms with van der Waals surface area (Å²) < 4.78 is 4.97. The number of aryl methyl sites for hydroxylation is 1. The Kier molecular flexibility index (Phi) is 8.01. The minimum Gasteiger partial charge on any atom is -0.439 e. The van der Waals surface area contributed by atoms with Crippen LogP contribution in [0, 0.1) is 0 Å². The quantitative estimate of drug-likeness (QED) is 0.750. The van der Waals surface area contributed by atoms with Crippen LogP contribution in [0.15, 0.2) is 24.3 Å². The molecule has 0 unspecified atom stereocenters. The first-order valence-corrected chi connectivity index (χ1v) is 9.05. The van der Waals surface area contributed by atoms with E-state index in [-0.39, 0.29) is 12.5 Å². The fraction of sp³-hybridized carbons (Fsp3) is 0.556. The molecule has 0 spiro atoms. The molecule has 1 heterocycles. The normalized spacial score (nSPS) is 15.0. The van der Waals surface area contributed by atoms with E-state index in [1.165, 1.54) is 12.6 Å². The molecule has 2 amide bonds. The molecule has 1 aromatic carbocycles. The summed E-state index contributed by atoms with van der Waals surface area (Å²) in [4.78, 5) is 27.0. The number of unbranched alkanes of at least 4 members (excludes halogenated alkanes) is 1. The van der Waals surface area contributed by atoms with Crippen LogP contribution in [-0.4, -0.2) is 68.2 Å².